The number of methoxy groups -OCH3 is 1. The minimum absolute atomic E-state index is 0.0448. The molecule has 3 aromatic rings. The number of carbonyl (C=O) groups is 1. The van der Waals surface area contributed by atoms with Gasteiger partial charge in [0.05, 0.1) is 34.6 Å². The van der Waals surface area contributed by atoms with Crippen LogP contribution in [0.4, 0.5) is 21.5 Å². The van der Waals surface area contributed by atoms with E-state index in [0.717, 1.165) is 12.8 Å². The van der Waals surface area contributed by atoms with Crippen LogP contribution in [0, 0.1) is 17.1 Å². The van der Waals surface area contributed by atoms with Crippen LogP contribution in [0.5, 0.6) is 5.75 Å². The van der Waals surface area contributed by atoms with Crippen LogP contribution < -0.4 is 15.4 Å². The number of amides is 1. The summed E-state index contributed by atoms with van der Waals surface area (Å²) in [5, 5.41) is 16.2. The third-order valence-corrected chi connectivity index (χ3v) is 7.01. The van der Waals surface area contributed by atoms with Crippen molar-refractivity contribution in [2.75, 3.05) is 24.3 Å². The molecule has 0 radical (unpaired) electrons. The van der Waals surface area contributed by atoms with Crippen LogP contribution in [-0.2, 0) is 4.79 Å². The molecule has 37 heavy (non-hydrogen) atoms. The van der Waals surface area contributed by atoms with E-state index in [9.17, 15) is 14.4 Å². The summed E-state index contributed by atoms with van der Waals surface area (Å²) in [7, 11) is 1.51. The lowest BCUT2D eigenvalue weighted by Crippen LogP contribution is -2.43. The van der Waals surface area contributed by atoms with E-state index < -0.39 is 5.82 Å². The van der Waals surface area contributed by atoms with E-state index in [0.29, 0.717) is 52.3 Å². The number of fused-ring (bicyclic) bond motifs is 1. The van der Waals surface area contributed by atoms with Gasteiger partial charge in [-0.3, -0.25) is 14.7 Å². The van der Waals surface area contributed by atoms with Gasteiger partial charge in [-0.1, -0.05) is 24.1 Å². The fraction of sp³-hybridized carbons (Fsp3) is 0.321. The maximum absolute atomic E-state index is 13.6. The fourth-order valence-corrected chi connectivity index (χ4v) is 4.90. The minimum Gasteiger partial charge on any atom is -0.494 e. The molecular weight excluding hydrogens is 493 g/mol. The Morgan fingerprint density at radius 1 is 1.30 bits per heavy atom. The van der Waals surface area contributed by atoms with Gasteiger partial charge in [-0.15, -0.1) is 0 Å². The quantitative estimate of drug-likeness (QED) is 0.349. The summed E-state index contributed by atoms with van der Waals surface area (Å²) in [6.07, 6.45) is 8.41. The molecule has 1 aromatic heterocycles. The molecule has 2 atom stereocenters. The van der Waals surface area contributed by atoms with Crippen molar-refractivity contribution in [2.45, 2.75) is 45.2 Å². The van der Waals surface area contributed by atoms with Gasteiger partial charge >= 0.3 is 0 Å². The highest BCUT2D eigenvalue weighted by Gasteiger charge is 2.23. The van der Waals surface area contributed by atoms with Crippen LogP contribution in [0.2, 0.25) is 5.02 Å². The molecule has 1 fully saturated rings. The van der Waals surface area contributed by atoms with Crippen LogP contribution in [0.1, 0.15) is 38.7 Å². The Labute approximate surface area is 220 Å². The molecule has 0 saturated carbocycles. The van der Waals surface area contributed by atoms with Gasteiger partial charge in [0.1, 0.15) is 17.6 Å². The van der Waals surface area contributed by atoms with E-state index in [2.05, 4.69) is 40.4 Å². The van der Waals surface area contributed by atoms with Crippen LogP contribution in [0.25, 0.3) is 10.9 Å². The van der Waals surface area contributed by atoms with Gasteiger partial charge in [-0.05, 0) is 51.0 Å². The van der Waals surface area contributed by atoms with Crippen molar-refractivity contribution in [2.24, 2.45) is 0 Å². The summed E-state index contributed by atoms with van der Waals surface area (Å²) < 4.78 is 19.1. The highest BCUT2D eigenvalue weighted by molar-refractivity contribution is 6.31. The average molecular weight is 522 g/mol. The summed E-state index contributed by atoms with van der Waals surface area (Å²) in [6, 6.07) is 10.7. The van der Waals surface area contributed by atoms with Gasteiger partial charge in [0.25, 0.3) is 0 Å². The topological polar surface area (TPSA) is 90.3 Å². The smallest absolute Gasteiger partial charge is 0.248 e. The summed E-state index contributed by atoms with van der Waals surface area (Å²) in [5.74, 6) is -0.404. The summed E-state index contributed by atoms with van der Waals surface area (Å²) in [4.78, 5) is 19.6. The van der Waals surface area contributed by atoms with Crippen molar-refractivity contribution in [1.82, 2.24) is 9.88 Å². The minimum atomic E-state index is -0.542. The van der Waals surface area contributed by atoms with Crippen molar-refractivity contribution < 1.29 is 13.9 Å². The second-order valence-corrected chi connectivity index (χ2v) is 9.61. The Balaban J connectivity index is 1.62. The molecule has 0 aliphatic carbocycles. The predicted molar refractivity (Wildman–Crippen MR) is 145 cm³/mol. The van der Waals surface area contributed by atoms with Gasteiger partial charge in [0, 0.05) is 48.0 Å². The van der Waals surface area contributed by atoms with Gasteiger partial charge in [0.2, 0.25) is 5.91 Å². The van der Waals surface area contributed by atoms with Gasteiger partial charge in [-0.2, -0.15) is 5.26 Å². The van der Waals surface area contributed by atoms with Crippen molar-refractivity contribution in [3.63, 3.8) is 0 Å². The molecule has 2 aromatic carbocycles. The number of benzene rings is 2. The van der Waals surface area contributed by atoms with E-state index in [4.69, 9.17) is 16.3 Å². The number of hydrogen-bond acceptors (Lipinski definition) is 6. The molecule has 1 saturated heterocycles. The molecule has 9 heteroatoms. The number of nitrogens with one attached hydrogen (secondary N) is 2. The highest BCUT2D eigenvalue weighted by Crippen LogP contribution is 2.36. The number of nitriles is 1. The van der Waals surface area contributed by atoms with Gasteiger partial charge in [0.15, 0.2) is 0 Å². The zero-order chi connectivity index (χ0) is 26.5. The lowest BCUT2D eigenvalue weighted by molar-refractivity contribution is -0.111. The summed E-state index contributed by atoms with van der Waals surface area (Å²) >= 11 is 5.94. The van der Waals surface area contributed by atoms with E-state index in [1.165, 1.54) is 44.0 Å². The molecule has 2 heterocycles. The van der Waals surface area contributed by atoms with E-state index in [1.807, 2.05) is 6.08 Å². The third-order valence-electron chi connectivity index (χ3n) is 6.72. The maximum atomic E-state index is 13.6. The third kappa shape index (κ3) is 6.01. The Kier molecular flexibility index (Phi) is 8.27. The molecule has 192 valence electrons. The number of likely N-dealkylation sites (tertiary alicyclic amines) is 1. The second-order valence-electron chi connectivity index (χ2n) is 9.20. The number of hydrogen-bond donors (Lipinski definition) is 2. The number of pyridine rings is 1. The van der Waals surface area contributed by atoms with Crippen molar-refractivity contribution >= 4 is 45.5 Å². The number of aromatic nitrogens is 1. The largest absolute Gasteiger partial charge is 0.494 e. The normalized spacial score (nSPS) is 18.1. The SMILES string of the molecule is COc1cc2ncc(C#N)c(Nc3ccc(F)c(Cl)c3)c2cc1NC(=O)/C=C/CN1C(C)CCCC1C. The highest BCUT2D eigenvalue weighted by atomic mass is 35.5. The monoisotopic (exact) mass is 521 g/mol. The first kappa shape index (κ1) is 26.4. The molecule has 1 aliphatic rings. The predicted octanol–water partition coefficient (Wildman–Crippen LogP) is 6.41. The van der Waals surface area contributed by atoms with Crippen molar-refractivity contribution in [3.05, 3.63) is 65.1 Å². The van der Waals surface area contributed by atoms with Crippen molar-refractivity contribution in [3.8, 4) is 11.8 Å². The average Bonchev–Trinajstić information content (AvgIpc) is 2.88. The molecule has 4 rings (SSSR count). The number of nitrogens with zero attached hydrogens (tertiary/aromatic N) is 3. The first-order valence-corrected chi connectivity index (χ1v) is 12.5. The zero-order valence-electron chi connectivity index (χ0n) is 21.0. The lowest BCUT2D eigenvalue weighted by atomic mass is 9.98. The molecular formula is C28H29ClFN5O2. The van der Waals surface area contributed by atoms with E-state index in [1.54, 1.807) is 12.1 Å². The molecule has 0 spiro atoms. The number of rotatable bonds is 7. The summed E-state index contributed by atoms with van der Waals surface area (Å²) in [6.45, 7) is 5.14. The first-order chi connectivity index (χ1) is 17.8. The number of carbonyl (C=O) groups excluding carboxylic acids is 1. The number of piperidine rings is 1. The van der Waals surface area contributed by atoms with Gasteiger partial charge < -0.3 is 15.4 Å². The molecule has 2 unspecified atom stereocenters. The summed E-state index contributed by atoms with van der Waals surface area (Å²) in [5.41, 5.74) is 2.22. The fourth-order valence-electron chi connectivity index (χ4n) is 4.71. The first-order valence-electron chi connectivity index (χ1n) is 12.2. The lowest BCUT2D eigenvalue weighted by Gasteiger charge is -2.38. The number of anilines is 3. The Hall–Kier alpha value is -3.67. The molecule has 1 amide bonds. The van der Waals surface area contributed by atoms with E-state index in [-0.39, 0.29) is 16.5 Å². The standard InChI is InChI=1S/C28H29ClFN5O2/c1-17-6-4-7-18(2)35(17)11-5-8-27(36)34-25-13-21-24(14-26(25)37-3)32-16-19(15-31)28(21)33-20-9-10-23(30)22(29)12-20/h5,8-10,12-14,16-18H,4,6-7,11H2,1-3H3,(H,32,33)(H,34,36)/b8-5+. The molecule has 0 bridgehead atoms. The van der Waals surface area contributed by atoms with Gasteiger partial charge in [-0.25, -0.2) is 4.39 Å². The van der Waals surface area contributed by atoms with Crippen molar-refractivity contribution in [1.29, 1.82) is 5.26 Å². The number of halogens is 2. The second kappa shape index (κ2) is 11.6. The number of ether oxygens (including phenoxy) is 1. The molecule has 2 N–H and O–H groups in total. The molecule has 7 nitrogen and oxygen atoms in total. The Morgan fingerprint density at radius 2 is 2.05 bits per heavy atom. The van der Waals surface area contributed by atoms with Crippen LogP contribution in [-0.4, -0.2) is 41.5 Å². The Bertz CT molecular complexity index is 1380. The Morgan fingerprint density at radius 3 is 2.73 bits per heavy atom. The van der Waals surface area contributed by atoms with Crippen LogP contribution in [0.3, 0.4) is 0 Å². The van der Waals surface area contributed by atoms with E-state index >= 15 is 0 Å². The molecule has 1 aliphatic heterocycles. The zero-order valence-corrected chi connectivity index (χ0v) is 21.8. The van der Waals surface area contributed by atoms with Crippen LogP contribution >= 0.6 is 11.6 Å². The van der Waals surface area contributed by atoms with Crippen LogP contribution in [0.15, 0.2) is 48.7 Å². The maximum Gasteiger partial charge on any atom is 0.248 e.